The van der Waals surface area contributed by atoms with E-state index in [0.29, 0.717) is 17.2 Å². The number of amides is 1. The number of nitrogens with zero attached hydrogens (tertiary/aromatic N) is 4. The Morgan fingerprint density at radius 2 is 2.30 bits per heavy atom. The van der Waals surface area contributed by atoms with Crippen LogP contribution in [0.5, 0.6) is 11.5 Å². The van der Waals surface area contributed by atoms with Gasteiger partial charge in [-0.05, 0) is 12.1 Å². The van der Waals surface area contributed by atoms with Gasteiger partial charge < -0.3 is 14.8 Å². The van der Waals surface area contributed by atoms with Gasteiger partial charge in [0, 0.05) is 11.8 Å². The number of carbonyl (C=O) groups excluding carboxylic acids is 1. The maximum absolute atomic E-state index is 11.8. The second kappa shape index (κ2) is 4.89. The zero-order valence-electron chi connectivity index (χ0n) is 10.2. The van der Waals surface area contributed by atoms with Crippen LogP contribution < -0.4 is 14.8 Å². The van der Waals surface area contributed by atoms with Crippen LogP contribution in [0, 0.1) is 11.3 Å². The quantitative estimate of drug-likeness (QED) is 0.873. The number of aromatic nitrogens is 3. The Morgan fingerprint density at radius 1 is 1.45 bits per heavy atom. The van der Waals surface area contributed by atoms with Crippen molar-refractivity contribution >= 4 is 11.6 Å². The number of anilines is 1. The SMILES string of the molecule is N#Cc1ncn(CC(=O)Nc2ccc3c(c2)OCO3)n1. The summed E-state index contributed by atoms with van der Waals surface area (Å²) in [6.45, 7) is 0.158. The lowest BCUT2D eigenvalue weighted by atomic mass is 10.3. The summed E-state index contributed by atoms with van der Waals surface area (Å²) in [6, 6.07) is 6.92. The Hall–Kier alpha value is -3.08. The van der Waals surface area contributed by atoms with Crippen LogP contribution >= 0.6 is 0 Å². The molecule has 1 amide bonds. The number of hydrogen-bond acceptors (Lipinski definition) is 6. The Balaban J connectivity index is 1.65. The van der Waals surface area contributed by atoms with Crippen molar-refractivity contribution in [1.29, 1.82) is 5.26 Å². The summed E-state index contributed by atoms with van der Waals surface area (Å²) in [7, 11) is 0. The highest BCUT2D eigenvalue weighted by atomic mass is 16.7. The van der Waals surface area contributed by atoms with Crippen LogP contribution in [0.1, 0.15) is 5.82 Å². The Kier molecular flexibility index (Phi) is 2.93. The number of carbonyl (C=O) groups is 1. The number of fused-ring (bicyclic) bond motifs is 1. The van der Waals surface area contributed by atoms with Gasteiger partial charge in [-0.15, -0.1) is 5.10 Å². The first kappa shape index (κ1) is 12.0. The molecule has 0 unspecified atom stereocenters. The van der Waals surface area contributed by atoms with E-state index in [0.717, 1.165) is 0 Å². The molecular weight excluding hydrogens is 262 g/mol. The molecule has 100 valence electrons. The zero-order valence-corrected chi connectivity index (χ0v) is 10.2. The van der Waals surface area contributed by atoms with Crippen molar-refractivity contribution in [1.82, 2.24) is 14.8 Å². The number of rotatable bonds is 3. The molecule has 0 saturated heterocycles. The fourth-order valence-electron chi connectivity index (χ4n) is 1.74. The summed E-state index contributed by atoms with van der Waals surface area (Å²) >= 11 is 0. The Morgan fingerprint density at radius 3 is 3.10 bits per heavy atom. The van der Waals surface area contributed by atoms with Crippen molar-refractivity contribution in [3.05, 3.63) is 30.4 Å². The van der Waals surface area contributed by atoms with Gasteiger partial charge in [0.15, 0.2) is 11.5 Å². The molecule has 0 fully saturated rings. The van der Waals surface area contributed by atoms with Gasteiger partial charge in [0.2, 0.25) is 12.7 Å². The summed E-state index contributed by atoms with van der Waals surface area (Å²) in [5.74, 6) is 0.993. The van der Waals surface area contributed by atoms with Gasteiger partial charge in [-0.2, -0.15) is 5.26 Å². The van der Waals surface area contributed by atoms with Gasteiger partial charge in [-0.25, -0.2) is 9.67 Å². The third-order valence-corrected chi connectivity index (χ3v) is 2.60. The predicted octanol–water partition coefficient (Wildman–Crippen LogP) is 0.517. The van der Waals surface area contributed by atoms with Gasteiger partial charge in [0.05, 0.1) is 0 Å². The van der Waals surface area contributed by atoms with E-state index in [4.69, 9.17) is 14.7 Å². The Bertz CT molecular complexity index is 703. The van der Waals surface area contributed by atoms with Gasteiger partial charge in [-0.1, -0.05) is 0 Å². The molecule has 1 N–H and O–H groups in total. The van der Waals surface area contributed by atoms with E-state index in [1.807, 2.05) is 0 Å². The van der Waals surface area contributed by atoms with Crippen LogP contribution in [-0.4, -0.2) is 27.5 Å². The zero-order chi connectivity index (χ0) is 13.9. The normalized spacial score (nSPS) is 11.9. The predicted molar refractivity (Wildman–Crippen MR) is 65.9 cm³/mol. The third kappa shape index (κ3) is 2.37. The van der Waals surface area contributed by atoms with E-state index in [-0.39, 0.29) is 25.1 Å². The monoisotopic (exact) mass is 271 g/mol. The standard InChI is InChI=1S/C12H9N5O3/c13-4-11-14-6-17(16-11)5-12(18)15-8-1-2-9-10(3-8)20-7-19-9/h1-3,6H,5,7H2,(H,15,18). The van der Waals surface area contributed by atoms with Gasteiger partial charge in [0.25, 0.3) is 5.82 Å². The molecule has 3 rings (SSSR count). The van der Waals surface area contributed by atoms with E-state index in [1.165, 1.54) is 11.0 Å². The molecule has 1 aliphatic heterocycles. The fourth-order valence-corrected chi connectivity index (χ4v) is 1.74. The van der Waals surface area contributed by atoms with E-state index in [9.17, 15) is 4.79 Å². The molecule has 0 spiro atoms. The van der Waals surface area contributed by atoms with Crippen LogP contribution in [0.2, 0.25) is 0 Å². The molecule has 8 nitrogen and oxygen atoms in total. The number of ether oxygens (including phenoxy) is 2. The molecule has 0 saturated carbocycles. The number of nitrogens with one attached hydrogen (secondary N) is 1. The topological polar surface area (TPSA) is 102 Å². The molecule has 2 aromatic rings. The minimum Gasteiger partial charge on any atom is -0.454 e. The van der Waals surface area contributed by atoms with Crippen molar-refractivity contribution in [2.75, 3.05) is 12.1 Å². The summed E-state index contributed by atoms with van der Waals surface area (Å²) in [6.07, 6.45) is 1.33. The van der Waals surface area contributed by atoms with E-state index >= 15 is 0 Å². The molecular formula is C12H9N5O3. The highest BCUT2D eigenvalue weighted by Gasteiger charge is 2.14. The van der Waals surface area contributed by atoms with Crippen molar-refractivity contribution in [3.8, 4) is 17.6 Å². The van der Waals surface area contributed by atoms with Crippen molar-refractivity contribution in [3.63, 3.8) is 0 Å². The van der Waals surface area contributed by atoms with E-state index in [2.05, 4.69) is 15.4 Å². The first-order valence-electron chi connectivity index (χ1n) is 5.73. The summed E-state index contributed by atoms with van der Waals surface area (Å²) in [4.78, 5) is 15.5. The highest BCUT2D eigenvalue weighted by molar-refractivity contribution is 5.90. The number of nitriles is 1. The summed E-state index contributed by atoms with van der Waals surface area (Å²) < 4.78 is 11.7. The van der Waals surface area contributed by atoms with E-state index < -0.39 is 0 Å². The molecule has 2 heterocycles. The second-order valence-electron chi connectivity index (χ2n) is 3.99. The lowest BCUT2D eigenvalue weighted by Crippen LogP contribution is -2.19. The van der Waals surface area contributed by atoms with Crippen LogP contribution in [0.3, 0.4) is 0 Å². The van der Waals surface area contributed by atoms with Crippen molar-refractivity contribution < 1.29 is 14.3 Å². The first-order valence-corrected chi connectivity index (χ1v) is 5.73. The average molecular weight is 271 g/mol. The molecule has 0 radical (unpaired) electrons. The largest absolute Gasteiger partial charge is 0.454 e. The number of hydrogen-bond donors (Lipinski definition) is 1. The van der Waals surface area contributed by atoms with Crippen molar-refractivity contribution in [2.45, 2.75) is 6.54 Å². The van der Waals surface area contributed by atoms with Crippen LogP contribution in [0.15, 0.2) is 24.5 Å². The van der Waals surface area contributed by atoms with Gasteiger partial charge in [-0.3, -0.25) is 4.79 Å². The lowest BCUT2D eigenvalue weighted by Gasteiger charge is -2.05. The Labute approximate surface area is 113 Å². The maximum Gasteiger partial charge on any atom is 0.252 e. The van der Waals surface area contributed by atoms with Gasteiger partial charge in [0.1, 0.15) is 18.9 Å². The molecule has 20 heavy (non-hydrogen) atoms. The number of benzene rings is 1. The highest BCUT2D eigenvalue weighted by Crippen LogP contribution is 2.34. The van der Waals surface area contributed by atoms with E-state index in [1.54, 1.807) is 24.3 Å². The lowest BCUT2D eigenvalue weighted by molar-refractivity contribution is -0.116. The molecule has 0 aliphatic carbocycles. The first-order chi connectivity index (χ1) is 9.74. The summed E-state index contributed by atoms with van der Waals surface area (Å²) in [5, 5.41) is 15.1. The molecule has 1 aromatic carbocycles. The fraction of sp³-hybridized carbons (Fsp3) is 0.167. The molecule has 8 heteroatoms. The minimum atomic E-state index is -0.279. The minimum absolute atomic E-state index is 0.0247. The average Bonchev–Trinajstić information content (AvgIpc) is 3.06. The molecule has 0 atom stereocenters. The third-order valence-electron chi connectivity index (χ3n) is 2.60. The molecule has 1 aliphatic rings. The smallest absolute Gasteiger partial charge is 0.252 e. The molecule has 1 aromatic heterocycles. The van der Waals surface area contributed by atoms with Crippen LogP contribution in [-0.2, 0) is 11.3 Å². The van der Waals surface area contributed by atoms with Crippen LogP contribution in [0.25, 0.3) is 0 Å². The van der Waals surface area contributed by atoms with Crippen LogP contribution in [0.4, 0.5) is 5.69 Å². The molecule has 0 bridgehead atoms. The summed E-state index contributed by atoms with van der Waals surface area (Å²) in [5.41, 5.74) is 0.597. The maximum atomic E-state index is 11.8. The second-order valence-corrected chi connectivity index (χ2v) is 3.99. The van der Waals surface area contributed by atoms with Crippen molar-refractivity contribution in [2.24, 2.45) is 0 Å². The van der Waals surface area contributed by atoms with Gasteiger partial charge >= 0.3 is 0 Å².